The number of rotatable bonds is 5. The summed E-state index contributed by atoms with van der Waals surface area (Å²) in [6, 6.07) is 1.51. The van der Waals surface area contributed by atoms with Crippen LogP contribution >= 0.6 is 0 Å². The Hall–Kier alpha value is -2.64. The van der Waals surface area contributed by atoms with Crippen LogP contribution < -0.4 is 5.32 Å². The molecule has 0 atom stereocenters. The van der Waals surface area contributed by atoms with E-state index in [0.717, 1.165) is 25.0 Å². The van der Waals surface area contributed by atoms with Gasteiger partial charge < -0.3 is 15.5 Å². The summed E-state index contributed by atoms with van der Waals surface area (Å²) in [5, 5.41) is 25.1. The average Bonchev–Trinajstić information content (AvgIpc) is 2.89. The highest BCUT2D eigenvalue weighted by Gasteiger charge is 2.24. The Bertz CT molecular complexity index is 736. The number of carboxylic acid groups (broad SMARTS) is 1. The summed E-state index contributed by atoms with van der Waals surface area (Å²) >= 11 is 0. The van der Waals surface area contributed by atoms with Crippen molar-refractivity contribution in [1.29, 1.82) is 0 Å². The van der Waals surface area contributed by atoms with Crippen LogP contribution in [0.5, 0.6) is 5.75 Å². The van der Waals surface area contributed by atoms with Crippen molar-refractivity contribution in [2.45, 2.75) is 25.7 Å². The molecular formula is C14H16N4O4. The van der Waals surface area contributed by atoms with Gasteiger partial charge in [-0.15, -0.1) is 0 Å². The van der Waals surface area contributed by atoms with Crippen molar-refractivity contribution in [3.8, 4) is 5.75 Å². The number of carboxylic acids is 1. The number of carbonyl (C=O) groups excluding carboxylic acids is 1. The first-order valence-corrected chi connectivity index (χ1v) is 7.11. The molecule has 1 aliphatic rings. The monoisotopic (exact) mass is 304 g/mol. The molecule has 8 heteroatoms. The lowest BCUT2D eigenvalue weighted by molar-refractivity contribution is -0.135. The lowest BCUT2D eigenvalue weighted by atomic mass is 9.82. The van der Waals surface area contributed by atoms with Crippen LogP contribution in [0.2, 0.25) is 0 Å². The van der Waals surface area contributed by atoms with Crippen LogP contribution in [0.25, 0.3) is 5.65 Å². The Balaban J connectivity index is 1.95. The Labute approximate surface area is 125 Å². The number of aromatic nitrogens is 3. The predicted octanol–water partition coefficient (Wildman–Crippen LogP) is 0.592. The molecule has 1 aliphatic carbocycles. The number of amides is 1. The van der Waals surface area contributed by atoms with E-state index >= 15 is 0 Å². The summed E-state index contributed by atoms with van der Waals surface area (Å²) in [7, 11) is 0. The molecule has 0 aliphatic heterocycles. The summed E-state index contributed by atoms with van der Waals surface area (Å²) in [5.41, 5.74) is 0.970. The molecule has 0 radical (unpaired) electrons. The number of fused-ring (bicyclic) bond motifs is 1. The molecule has 0 saturated heterocycles. The highest BCUT2D eigenvalue weighted by Crippen LogP contribution is 2.31. The normalized spacial score (nSPS) is 14.7. The number of pyridine rings is 1. The Kier molecular flexibility index (Phi) is 3.66. The topological polar surface area (TPSA) is 117 Å². The fraction of sp³-hybridized carbons (Fsp3) is 0.429. The fourth-order valence-corrected chi connectivity index (χ4v) is 2.63. The maximum Gasteiger partial charge on any atom is 0.322 e. The second-order valence-corrected chi connectivity index (χ2v) is 5.47. The van der Waals surface area contributed by atoms with E-state index < -0.39 is 18.4 Å². The van der Waals surface area contributed by atoms with Gasteiger partial charge in [-0.05, 0) is 12.3 Å². The first-order chi connectivity index (χ1) is 10.6. The van der Waals surface area contributed by atoms with E-state index in [0.29, 0.717) is 5.92 Å². The molecule has 0 unspecified atom stereocenters. The van der Waals surface area contributed by atoms with Crippen molar-refractivity contribution < 1.29 is 19.8 Å². The summed E-state index contributed by atoms with van der Waals surface area (Å²) in [5.74, 6) is -1.49. The Morgan fingerprint density at radius 3 is 2.82 bits per heavy atom. The van der Waals surface area contributed by atoms with Gasteiger partial charge in [0.15, 0.2) is 5.65 Å². The third-order valence-corrected chi connectivity index (χ3v) is 3.95. The number of carbonyl (C=O) groups is 2. The van der Waals surface area contributed by atoms with Crippen LogP contribution in [-0.2, 0) is 11.2 Å². The first kappa shape index (κ1) is 14.3. The third-order valence-electron chi connectivity index (χ3n) is 3.95. The van der Waals surface area contributed by atoms with Gasteiger partial charge in [0.1, 0.15) is 24.2 Å². The van der Waals surface area contributed by atoms with Crippen molar-refractivity contribution >= 4 is 17.5 Å². The van der Waals surface area contributed by atoms with E-state index in [1.165, 1.54) is 23.3 Å². The number of nitrogens with zero attached hydrogens (tertiary/aromatic N) is 3. The lowest BCUT2D eigenvalue weighted by Crippen LogP contribution is -2.30. The minimum atomic E-state index is -1.16. The molecular weight excluding hydrogens is 288 g/mol. The quantitative estimate of drug-likeness (QED) is 0.744. The molecule has 3 N–H and O–H groups in total. The predicted molar refractivity (Wildman–Crippen MR) is 75.7 cm³/mol. The van der Waals surface area contributed by atoms with Crippen molar-refractivity contribution in [2.75, 3.05) is 6.54 Å². The summed E-state index contributed by atoms with van der Waals surface area (Å²) in [4.78, 5) is 26.6. The molecule has 0 spiro atoms. The molecule has 1 amide bonds. The standard InChI is InChI=1S/C14H16N4O4/c19-10-5-9(4-8-2-1-3-8)18-13(16-7-17-18)12(10)14(22)15-6-11(20)21/h5,7-8,19H,1-4,6H2,(H,15,22)(H,20,21). The minimum Gasteiger partial charge on any atom is -0.507 e. The SMILES string of the molecule is O=C(O)CNC(=O)c1c(O)cc(CC2CCC2)n2ncnc12. The van der Waals surface area contributed by atoms with Crippen molar-refractivity contribution in [3.05, 3.63) is 23.7 Å². The summed E-state index contributed by atoms with van der Waals surface area (Å²) in [6.07, 6.45) is 5.60. The van der Waals surface area contributed by atoms with Gasteiger partial charge in [-0.3, -0.25) is 9.59 Å². The van der Waals surface area contributed by atoms with Crippen LogP contribution in [0, 0.1) is 5.92 Å². The molecule has 22 heavy (non-hydrogen) atoms. The Morgan fingerprint density at radius 2 is 2.18 bits per heavy atom. The molecule has 8 nitrogen and oxygen atoms in total. The van der Waals surface area contributed by atoms with Crippen LogP contribution in [0.15, 0.2) is 12.4 Å². The number of aromatic hydroxyl groups is 1. The second kappa shape index (κ2) is 5.63. The number of hydrogen-bond donors (Lipinski definition) is 3. The van der Waals surface area contributed by atoms with Crippen molar-refractivity contribution in [1.82, 2.24) is 19.9 Å². The highest BCUT2D eigenvalue weighted by molar-refractivity contribution is 6.03. The molecule has 1 saturated carbocycles. The van der Waals surface area contributed by atoms with Crippen molar-refractivity contribution in [3.63, 3.8) is 0 Å². The fourth-order valence-electron chi connectivity index (χ4n) is 2.63. The maximum absolute atomic E-state index is 12.1. The van der Waals surface area contributed by atoms with Crippen LogP contribution in [0.3, 0.4) is 0 Å². The molecule has 2 aromatic heterocycles. The lowest BCUT2D eigenvalue weighted by Gasteiger charge is -2.25. The van der Waals surface area contributed by atoms with E-state index in [4.69, 9.17) is 5.11 Å². The largest absolute Gasteiger partial charge is 0.507 e. The molecule has 116 valence electrons. The zero-order chi connectivity index (χ0) is 15.7. The van der Waals surface area contributed by atoms with Gasteiger partial charge in [-0.2, -0.15) is 5.10 Å². The first-order valence-electron chi connectivity index (χ1n) is 7.11. The van der Waals surface area contributed by atoms with E-state index in [1.807, 2.05) is 0 Å². The molecule has 2 heterocycles. The number of hydrogen-bond acceptors (Lipinski definition) is 5. The summed E-state index contributed by atoms with van der Waals surface area (Å²) < 4.78 is 1.54. The molecule has 2 aromatic rings. The average molecular weight is 304 g/mol. The van der Waals surface area contributed by atoms with Crippen LogP contribution in [-0.4, -0.2) is 43.2 Å². The molecule has 3 rings (SSSR count). The van der Waals surface area contributed by atoms with Gasteiger partial charge in [-0.25, -0.2) is 9.50 Å². The van der Waals surface area contributed by atoms with Crippen LogP contribution in [0.1, 0.15) is 35.3 Å². The van der Waals surface area contributed by atoms with Crippen LogP contribution in [0.4, 0.5) is 0 Å². The molecule has 0 aromatic carbocycles. The highest BCUT2D eigenvalue weighted by atomic mass is 16.4. The maximum atomic E-state index is 12.1. The van der Waals surface area contributed by atoms with Gasteiger partial charge >= 0.3 is 5.97 Å². The van der Waals surface area contributed by atoms with E-state index in [9.17, 15) is 14.7 Å². The third kappa shape index (κ3) is 2.59. The second-order valence-electron chi connectivity index (χ2n) is 5.47. The summed E-state index contributed by atoms with van der Waals surface area (Å²) in [6.45, 7) is -0.525. The van der Waals surface area contributed by atoms with Gasteiger partial charge in [0.05, 0.1) is 0 Å². The van der Waals surface area contributed by atoms with E-state index in [-0.39, 0.29) is 17.0 Å². The Morgan fingerprint density at radius 1 is 1.41 bits per heavy atom. The van der Waals surface area contributed by atoms with Gasteiger partial charge in [0, 0.05) is 11.8 Å². The van der Waals surface area contributed by atoms with E-state index in [1.54, 1.807) is 0 Å². The smallest absolute Gasteiger partial charge is 0.322 e. The van der Waals surface area contributed by atoms with Gasteiger partial charge in [0.25, 0.3) is 5.91 Å². The minimum absolute atomic E-state index is 0.0592. The van der Waals surface area contributed by atoms with Crippen molar-refractivity contribution in [2.24, 2.45) is 5.92 Å². The van der Waals surface area contributed by atoms with E-state index in [2.05, 4.69) is 15.4 Å². The number of aliphatic carboxylic acids is 1. The number of nitrogens with one attached hydrogen (secondary N) is 1. The van der Waals surface area contributed by atoms with Gasteiger partial charge in [0.2, 0.25) is 0 Å². The zero-order valence-corrected chi connectivity index (χ0v) is 11.8. The molecule has 1 fully saturated rings. The zero-order valence-electron chi connectivity index (χ0n) is 11.8. The van der Waals surface area contributed by atoms with Gasteiger partial charge in [-0.1, -0.05) is 19.3 Å². The molecule has 0 bridgehead atoms.